The van der Waals surface area contributed by atoms with Gasteiger partial charge in [-0.1, -0.05) is 27.5 Å². The molecule has 0 saturated carbocycles. The summed E-state index contributed by atoms with van der Waals surface area (Å²) >= 11 is 9.19. The molecule has 0 heterocycles. The minimum atomic E-state index is -0.368. The lowest BCUT2D eigenvalue weighted by Gasteiger charge is -2.09. The van der Waals surface area contributed by atoms with Crippen LogP contribution in [0.1, 0.15) is 15.9 Å². The molecule has 0 fully saturated rings. The predicted octanol–water partition coefficient (Wildman–Crippen LogP) is 4.63. The van der Waals surface area contributed by atoms with E-state index in [1.807, 2.05) is 0 Å². The van der Waals surface area contributed by atoms with E-state index in [9.17, 15) is 9.18 Å². The van der Waals surface area contributed by atoms with E-state index >= 15 is 0 Å². The van der Waals surface area contributed by atoms with Crippen LogP contribution in [0.3, 0.4) is 0 Å². The first kappa shape index (κ1) is 14.0. The first-order valence-electron chi connectivity index (χ1n) is 5.41. The molecule has 0 aliphatic carbocycles. The van der Waals surface area contributed by atoms with Crippen LogP contribution in [0.4, 0.5) is 4.39 Å². The number of carbonyl (C=O) groups excluding carboxylic acids is 1. The van der Waals surface area contributed by atoms with E-state index in [0.29, 0.717) is 26.4 Å². The molecule has 0 unspecified atom stereocenters. The molecule has 0 aliphatic rings. The first-order valence-corrected chi connectivity index (χ1v) is 6.58. The largest absolute Gasteiger partial charge is 0.489 e. The molecular formula is C14H9BrClFO2. The van der Waals surface area contributed by atoms with E-state index < -0.39 is 0 Å². The lowest BCUT2D eigenvalue weighted by atomic mass is 10.2. The summed E-state index contributed by atoms with van der Waals surface area (Å²) in [6.07, 6.45) is 0.728. The van der Waals surface area contributed by atoms with E-state index in [0.717, 1.165) is 6.29 Å². The van der Waals surface area contributed by atoms with Gasteiger partial charge in [-0.2, -0.15) is 0 Å². The van der Waals surface area contributed by atoms with Crippen molar-refractivity contribution in [1.82, 2.24) is 0 Å². The number of hydrogen-bond donors (Lipinski definition) is 0. The molecule has 0 saturated heterocycles. The number of ether oxygens (including phenoxy) is 1. The molecule has 0 amide bonds. The van der Waals surface area contributed by atoms with Crippen molar-refractivity contribution < 1.29 is 13.9 Å². The Morgan fingerprint density at radius 1 is 1.26 bits per heavy atom. The van der Waals surface area contributed by atoms with E-state index in [1.165, 1.54) is 18.2 Å². The number of rotatable bonds is 4. The molecule has 2 aromatic carbocycles. The summed E-state index contributed by atoms with van der Waals surface area (Å²) in [4.78, 5) is 10.8. The molecule has 0 atom stereocenters. The summed E-state index contributed by atoms with van der Waals surface area (Å²) in [5.41, 5.74) is 1.04. The summed E-state index contributed by atoms with van der Waals surface area (Å²) < 4.78 is 19.3. The zero-order valence-electron chi connectivity index (χ0n) is 9.70. The van der Waals surface area contributed by atoms with Gasteiger partial charge in [0, 0.05) is 20.6 Å². The van der Waals surface area contributed by atoms with Gasteiger partial charge in [0.25, 0.3) is 0 Å². The van der Waals surface area contributed by atoms with Crippen molar-refractivity contribution in [3.8, 4) is 5.75 Å². The fourth-order valence-electron chi connectivity index (χ4n) is 1.52. The van der Waals surface area contributed by atoms with Crippen molar-refractivity contribution in [1.29, 1.82) is 0 Å². The molecule has 19 heavy (non-hydrogen) atoms. The van der Waals surface area contributed by atoms with Gasteiger partial charge < -0.3 is 4.74 Å². The third-order valence-electron chi connectivity index (χ3n) is 2.50. The van der Waals surface area contributed by atoms with Gasteiger partial charge in [0.05, 0.1) is 0 Å². The molecule has 2 nitrogen and oxygen atoms in total. The Kier molecular flexibility index (Phi) is 4.56. The lowest BCUT2D eigenvalue weighted by Crippen LogP contribution is -1.98. The molecule has 0 spiro atoms. The molecular weight excluding hydrogens is 335 g/mol. The number of hydrogen-bond acceptors (Lipinski definition) is 2. The van der Waals surface area contributed by atoms with Crippen molar-refractivity contribution in [2.75, 3.05) is 0 Å². The Morgan fingerprint density at radius 2 is 2.05 bits per heavy atom. The van der Waals surface area contributed by atoms with Crippen LogP contribution >= 0.6 is 27.5 Å². The van der Waals surface area contributed by atoms with Gasteiger partial charge in [0.1, 0.15) is 18.2 Å². The molecule has 0 bridgehead atoms. The maximum Gasteiger partial charge on any atom is 0.151 e. The van der Waals surface area contributed by atoms with Crippen molar-refractivity contribution in [2.45, 2.75) is 6.61 Å². The standard InChI is InChI=1S/C14H9BrClFO2/c15-13-3-2-12(6-9(13)7-18)19-8-10-5-11(17)1-4-14(10)16/h1-7H,8H2. The monoisotopic (exact) mass is 342 g/mol. The SMILES string of the molecule is O=Cc1cc(OCc2cc(F)ccc2Cl)ccc1Br. The molecule has 0 aromatic heterocycles. The smallest absolute Gasteiger partial charge is 0.151 e. The number of benzene rings is 2. The van der Waals surface area contributed by atoms with Crippen molar-refractivity contribution in [3.05, 3.63) is 62.8 Å². The fraction of sp³-hybridized carbons (Fsp3) is 0.0714. The van der Waals surface area contributed by atoms with Crippen LogP contribution in [0.2, 0.25) is 5.02 Å². The van der Waals surface area contributed by atoms with Gasteiger partial charge in [0.15, 0.2) is 6.29 Å². The second kappa shape index (κ2) is 6.17. The van der Waals surface area contributed by atoms with Gasteiger partial charge in [0.2, 0.25) is 0 Å². The number of carbonyl (C=O) groups is 1. The molecule has 0 radical (unpaired) electrons. The average Bonchev–Trinajstić information content (AvgIpc) is 2.41. The average molecular weight is 344 g/mol. The van der Waals surface area contributed by atoms with Crippen LogP contribution in [0.25, 0.3) is 0 Å². The Hall–Kier alpha value is -1.39. The topological polar surface area (TPSA) is 26.3 Å². The van der Waals surface area contributed by atoms with Crippen LogP contribution in [0.15, 0.2) is 40.9 Å². The van der Waals surface area contributed by atoms with Crippen LogP contribution < -0.4 is 4.74 Å². The Labute approximate surface area is 123 Å². The summed E-state index contributed by atoms with van der Waals surface area (Å²) in [6.45, 7) is 0.135. The number of halogens is 3. The third-order valence-corrected chi connectivity index (χ3v) is 3.59. The second-order valence-electron chi connectivity index (χ2n) is 3.83. The lowest BCUT2D eigenvalue weighted by molar-refractivity contribution is 0.112. The van der Waals surface area contributed by atoms with Gasteiger partial charge in [-0.25, -0.2) is 4.39 Å². The van der Waals surface area contributed by atoms with E-state index in [1.54, 1.807) is 18.2 Å². The molecule has 2 rings (SSSR count). The van der Waals surface area contributed by atoms with Crippen molar-refractivity contribution in [3.63, 3.8) is 0 Å². The van der Waals surface area contributed by atoms with Crippen molar-refractivity contribution in [2.24, 2.45) is 0 Å². The Morgan fingerprint density at radius 3 is 2.79 bits per heavy atom. The highest BCUT2D eigenvalue weighted by atomic mass is 79.9. The van der Waals surface area contributed by atoms with Crippen LogP contribution in [0.5, 0.6) is 5.75 Å². The van der Waals surface area contributed by atoms with Gasteiger partial charge in [-0.05, 0) is 36.4 Å². The minimum Gasteiger partial charge on any atom is -0.489 e. The first-order chi connectivity index (χ1) is 9.10. The predicted molar refractivity (Wildman–Crippen MR) is 75.3 cm³/mol. The number of aldehydes is 1. The van der Waals surface area contributed by atoms with Crippen molar-refractivity contribution >= 4 is 33.8 Å². The second-order valence-corrected chi connectivity index (χ2v) is 5.09. The summed E-state index contributed by atoms with van der Waals surface area (Å²) in [5.74, 6) is 0.151. The molecule has 98 valence electrons. The van der Waals surface area contributed by atoms with Gasteiger partial charge in [-0.15, -0.1) is 0 Å². The zero-order chi connectivity index (χ0) is 13.8. The molecule has 0 aliphatic heterocycles. The summed E-state index contributed by atoms with van der Waals surface area (Å²) in [5, 5.41) is 0.439. The quantitative estimate of drug-likeness (QED) is 0.756. The highest BCUT2D eigenvalue weighted by Crippen LogP contribution is 2.23. The Bertz CT molecular complexity index is 616. The van der Waals surface area contributed by atoms with E-state index in [2.05, 4.69) is 15.9 Å². The fourth-order valence-corrected chi connectivity index (χ4v) is 2.03. The Balaban J connectivity index is 2.14. The third kappa shape index (κ3) is 3.55. The molecule has 2 aromatic rings. The minimum absolute atomic E-state index is 0.135. The maximum atomic E-state index is 13.1. The summed E-state index contributed by atoms with van der Waals surface area (Å²) in [6, 6.07) is 9.12. The zero-order valence-corrected chi connectivity index (χ0v) is 12.0. The normalized spacial score (nSPS) is 10.3. The van der Waals surface area contributed by atoms with Gasteiger partial charge >= 0.3 is 0 Å². The maximum absolute atomic E-state index is 13.1. The highest BCUT2D eigenvalue weighted by Gasteiger charge is 2.05. The molecule has 5 heteroatoms. The van der Waals surface area contributed by atoms with Crippen LogP contribution in [-0.4, -0.2) is 6.29 Å². The van der Waals surface area contributed by atoms with Crippen LogP contribution in [-0.2, 0) is 6.61 Å². The molecule has 0 N–H and O–H groups in total. The summed E-state index contributed by atoms with van der Waals surface area (Å²) in [7, 11) is 0. The van der Waals surface area contributed by atoms with Crippen LogP contribution in [0, 0.1) is 5.82 Å². The highest BCUT2D eigenvalue weighted by molar-refractivity contribution is 9.10. The van der Waals surface area contributed by atoms with E-state index in [4.69, 9.17) is 16.3 Å². The van der Waals surface area contributed by atoms with E-state index in [-0.39, 0.29) is 12.4 Å². The van der Waals surface area contributed by atoms with Gasteiger partial charge in [-0.3, -0.25) is 4.79 Å².